The number of nitrogens with one attached hydrogen (secondary N) is 2. The van der Waals surface area contributed by atoms with Crippen LogP contribution in [0.25, 0.3) is 0 Å². The number of hydrogen-bond acceptors (Lipinski definition) is 5. The molecule has 1 aliphatic heterocycles. The summed E-state index contributed by atoms with van der Waals surface area (Å²) in [6.45, 7) is 5.60. The molecule has 0 spiro atoms. The Balaban J connectivity index is 2.37. The molecule has 0 aliphatic carbocycles. The minimum absolute atomic E-state index is 0.165. The van der Waals surface area contributed by atoms with Crippen LogP contribution in [0.1, 0.15) is 33.6 Å². The van der Waals surface area contributed by atoms with Crippen molar-refractivity contribution in [3.05, 3.63) is 0 Å². The van der Waals surface area contributed by atoms with Gasteiger partial charge in [-0.3, -0.25) is 0 Å². The van der Waals surface area contributed by atoms with Crippen LogP contribution in [0.5, 0.6) is 0 Å². The summed E-state index contributed by atoms with van der Waals surface area (Å²) in [5.74, 6) is -1.30. The van der Waals surface area contributed by atoms with Crippen molar-refractivity contribution in [3.63, 3.8) is 0 Å². The number of hydrogen-bond donors (Lipinski definition) is 4. The summed E-state index contributed by atoms with van der Waals surface area (Å²) >= 11 is 0. The molecule has 23 heavy (non-hydrogen) atoms. The van der Waals surface area contributed by atoms with Crippen molar-refractivity contribution in [2.75, 3.05) is 19.7 Å². The lowest BCUT2D eigenvalue weighted by molar-refractivity contribution is -0.140. The van der Waals surface area contributed by atoms with Gasteiger partial charge in [0.05, 0.1) is 6.61 Å². The Kier molecular flexibility index (Phi) is 6.62. The molecule has 0 aromatic rings. The van der Waals surface area contributed by atoms with Crippen molar-refractivity contribution in [1.82, 2.24) is 15.5 Å². The Morgan fingerprint density at radius 3 is 2.26 bits per heavy atom. The van der Waals surface area contributed by atoms with Gasteiger partial charge in [-0.05, 0) is 33.6 Å². The number of likely N-dealkylation sites (tertiary alicyclic amines) is 1. The van der Waals surface area contributed by atoms with Gasteiger partial charge < -0.3 is 30.5 Å². The summed E-state index contributed by atoms with van der Waals surface area (Å²) in [7, 11) is 0. The fourth-order valence-corrected chi connectivity index (χ4v) is 2.10. The monoisotopic (exact) mass is 331 g/mol. The molecule has 0 aromatic heterocycles. The molecule has 4 N–H and O–H groups in total. The molecule has 1 aliphatic rings. The van der Waals surface area contributed by atoms with Crippen LogP contribution in [-0.2, 0) is 9.53 Å². The smallest absolute Gasteiger partial charge is 0.410 e. The van der Waals surface area contributed by atoms with E-state index in [1.807, 2.05) is 0 Å². The van der Waals surface area contributed by atoms with E-state index in [0.717, 1.165) is 0 Å². The lowest BCUT2D eigenvalue weighted by atomic mass is 10.1. The molecule has 0 bridgehead atoms. The third kappa shape index (κ3) is 6.72. The standard InChI is InChI=1S/C14H25N3O6/c1-14(2,3)23-13(22)17-6-4-9(5-7-17)15-12(21)16-10(8-18)11(19)20/h9-10,18H,4-8H2,1-3H3,(H,19,20)(H2,15,16,21)/t10-/m0/s1. The highest BCUT2D eigenvalue weighted by molar-refractivity contribution is 5.82. The minimum atomic E-state index is -1.34. The third-order valence-corrected chi connectivity index (χ3v) is 3.27. The minimum Gasteiger partial charge on any atom is -0.480 e. The number of carboxylic acid groups (broad SMARTS) is 1. The van der Waals surface area contributed by atoms with Crippen LogP contribution in [-0.4, -0.2) is 70.6 Å². The van der Waals surface area contributed by atoms with Crippen LogP contribution >= 0.6 is 0 Å². The lowest BCUT2D eigenvalue weighted by Crippen LogP contribution is -2.53. The van der Waals surface area contributed by atoms with Crippen molar-refractivity contribution in [3.8, 4) is 0 Å². The van der Waals surface area contributed by atoms with Gasteiger partial charge in [0, 0.05) is 19.1 Å². The summed E-state index contributed by atoms with van der Waals surface area (Å²) in [6, 6.07) is -2.15. The summed E-state index contributed by atoms with van der Waals surface area (Å²) in [5.41, 5.74) is -0.553. The van der Waals surface area contributed by atoms with E-state index in [-0.39, 0.29) is 12.1 Å². The highest BCUT2D eigenvalue weighted by atomic mass is 16.6. The van der Waals surface area contributed by atoms with Gasteiger partial charge in [0.15, 0.2) is 6.04 Å². The summed E-state index contributed by atoms with van der Waals surface area (Å²) < 4.78 is 5.28. The number of carboxylic acids is 1. The van der Waals surface area contributed by atoms with E-state index in [0.29, 0.717) is 25.9 Å². The molecule has 1 fully saturated rings. The Morgan fingerprint density at radius 1 is 1.26 bits per heavy atom. The first-order chi connectivity index (χ1) is 10.6. The second-order valence-electron chi connectivity index (χ2n) is 6.43. The zero-order valence-electron chi connectivity index (χ0n) is 13.7. The Hall–Kier alpha value is -2.03. The number of piperidine rings is 1. The van der Waals surface area contributed by atoms with E-state index in [4.69, 9.17) is 14.9 Å². The predicted molar refractivity (Wildman–Crippen MR) is 81.0 cm³/mol. The van der Waals surface area contributed by atoms with Crippen LogP contribution in [0.4, 0.5) is 9.59 Å². The number of aliphatic carboxylic acids is 1. The fourth-order valence-electron chi connectivity index (χ4n) is 2.10. The lowest BCUT2D eigenvalue weighted by Gasteiger charge is -2.33. The van der Waals surface area contributed by atoms with E-state index < -0.39 is 30.3 Å². The zero-order chi connectivity index (χ0) is 17.6. The van der Waals surface area contributed by atoms with E-state index in [1.54, 1.807) is 25.7 Å². The molecule has 0 saturated carbocycles. The zero-order valence-corrected chi connectivity index (χ0v) is 13.7. The number of aliphatic hydroxyl groups is 1. The number of rotatable bonds is 4. The number of aliphatic hydroxyl groups excluding tert-OH is 1. The van der Waals surface area contributed by atoms with E-state index >= 15 is 0 Å². The van der Waals surface area contributed by atoms with Gasteiger partial charge >= 0.3 is 18.1 Å². The maximum Gasteiger partial charge on any atom is 0.410 e. The topological polar surface area (TPSA) is 128 Å². The highest BCUT2D eigenvalue weighted by Gasteiger charge is 2.28. The predicted octanol–water partition coefficient (Wildman–Crippen LogP) is 0.131. The second kappa shape index (κ2) is 8.00. The van der Waals surface area contributed by atoms with Crippen LogP contribution in [0.3, 0.4) is 0 Å². The van der Waals surface area contributed by atoms with Crippen molar-refractivity contribution >= 4 is 18.1 Å². The molecule has 1 saturated heterocycles. The highest BCUT2D eigenvalue weighted by Crippen LogP contribution is 2.15. The van der Waals surface area contributed by atoms with Gasteiger partial charge in [-0.1, -0.05) is 0 Å². The molecule has 132 valence electrons. The molecule has 1 heterocycles. The maximum atomic E-state index is 11.9. The first-order valence-corrected chi connectivity index (χ1v) is 7.51. The largest absolute Gasteiger partial charge is 0.480 e. The van der Waals surface area contributed by atoms with Crippen molar-refractivity contribution < 1.29 is 29.3 Å². The molecule has 0 unspecified atom stereocenters. The number of ether oxygens (including phenoxy) is 1. The quantitative estimate of drug-likeness (QED) is 0.580. The van der Waals surface area contributed by atoms with Gasteiger partial charge in [0.25, 0.3) is 0 Å². The Morgan fingerprint density at radius 2 is 1.83 bits per heavy atom. The molecular weight excluding hydrogens is 306 g/mol. The number of nitrogens with zero attached hydrogens (tertiary/aromatic N) is 1. The van der Waals surface area contributed by atoms with Gasteiger partial charge in [0.2, 0.25) is 0 Å². The first-order valence-electron chi connectivity index (χ1n) is 7.51. The number of urea groups is 1. The van der Waals surface area contributed by atoms with Crippen molar-refractivity contribution in [2.45, 2.75) is 51.3 Å². The normalized spacial score (nSPS) is 17.3. The van der Waals surface area contributed by atoms with Crippen LogP contribution in [0.15, 0.2) is 0 Å². The molecular formula is C14H25N3O6. The molecule has 0 radical (unpaired) electrons. The van der Waals surface area contributed by atoms with Gasteiger partial charge in [-0.25, -0.2) is 14.4 Å². The molecule has 1 rings (SSSR count). The second-order valence-corrected chi connectivity index (χ2v) is 6.43. The Labute approximate surface area is 135 Å². The maximum absolute atomic E-state index is 11.9. The number of carbonyl (C=O) groups is 3. The molecule has 9 nitrogen and oxygen atoms in total. The fraction of sp³-hybridized carbons (Fsp3) is 0.786. The molecule has 3 amide bonds. The number of amides is 3. The van der Waals surface area contributed by atoms with Gasteiger partial charge in [-0.15, -0.1) is 0 Å². The average Bonchev–Trinajstić information content (AvgIpc) is 2.43. The third-order valence-electron chi connectivity index (χ3n) is 3.27. The summed E-state index contributed by atoms with van der Waals surface area (Å²) in [4.78, 5) is 35.9. The molecule has 9 heteroatoms. The van der Waals surface area contributed by atoms with E-state index in [2.05, 4.69) is 10.6 Å². The van der Waals surface area contributed by atoms with E-state index in [1.165, 1.54) is 0 Å². The SMILES string of the molecule is CC(C)(C)OC(=O)N1CCC(NC(=O)N[C@@H](CO)C(=O)O)CC1. The number of carbonyl (C=O) groups excluding carboxylic acids is 2. The average molecular weight is 331 g/mol. The Bertz CT molecular complexity index is 440. The van der Waals surface area contributed by atoms with Crippen molar-refractivity contribution in [2.24, 2.45) is 0 Å². The summed E-state index contributed by atoms with van der Waals surface area (Å²) in [5, 5.41) is 22.4. The summed E-state index contributed by atoms with van der Waals surface area (Å²) in [6.07, 6.45) is 0.708. The molecule has 0 aromatic carbocycles. The first kappa shape index (κ1) is 19.0. The van der Waals surface area contributed by atoms with Crippen LogP contribution in [0, 0.1) is 0 Å². The molecule has 1 atom stereocenters. The van der Waals surface area contributed by atoms with Crippen molar-refractivity contribution in [1.29, 1.82) is 0 Å². The van der Waals surface area contributed by atoms with Crippen LogP contribution in [0.2, 0.25) is 0 Å². The van der Waals surface area contributed by atoms with Crippen LogP contribution < -0.4 is 10.6 Å². The van der Waals surface area contributed by atoms with Gasteiger partial charge in [-0.2, -0.15) is 0 Å². The van der Waals surface area contributed by atoms with E-state index in [9.17, 15) is 14.4 Å². The van der Waals surface area contributed by atoms with Gasteiger partial charge in [0.1, 0.15) is 5.60 Å².